The maximum atomic E-state index is 13.2. The second-order valence-corrected chi connectivity index (χ2v) is 8.55. The number of phenols is 1. The number of hydrogen-bond donors (Lipinski definition) is 1. The zero-order valence-electron chi connectivity index (χ0n) is 15.3. The number of carbonyl (C=O) groups excluding carboxylic acids is 1. The number of halogens is 1. The summed E-state index contributed by atoms with van der Waals surface area (Å²) in [6.45, 7) is 3.57. The fourth-order valence-electron chi connectivity index (χ4n) is 3.14. The van der Waals surface area contributed by atoms with Crippen LogP contribution in [0.4, 0.5) is 0 Å². The summed E-state index contributed by atoms with van der Waals surface area (Å²) < 4.78 is 5.73. The van der Waals surface area contributed by atoms with Gasteiger partial charge < -0.3 is 14.7 Å². The molecule has 1 N–H and O–H groups in total. The van der Waals surface area contributed by atoms with Crippen LogP contribution in [0.25, 0.3) is 0 Å². The van der Waals surface area contributed by atoms with E-state index in [4.69, 9.17) is 16.3 Å². The van der Waals surface area contributed by atoms with Gasteiger partial charge >= 0.3 is 0 Å². The van der Waals surface area contributed by atoms with Crippen molar-refractivity contribution in [3.8, 4) is 5.75 Å². The minimum Gasteiger partial charge on any atom is -0.508 e. The number of phenolic OH excluding ortho intramolecular Hbond substituents is 1. The zero-order chi connectivity index (χ0) is 19.2. The van der Waals surface area contributed by atoms with Crippen LogP contribution in [0.5, 0.6) is 5.75 Å². The Morgan fingerprint density at radius 2 is 2.04 bits per heavy atom. The van der Waals surface area contributed by atoms with Crippen LogP contribution in [0.2, 0.25) is 5.02 Å². The average molecular weight is 406 g/mol. The molecule has 1 saturated heterocycles. The van der Waals surface area contributed by atoms with Gasteiger partial charge in [-0.3, -0.25) is 4.79 Å². The standard InChI is InChI=1S/C21H24ClNO3S/c1-15(27-19-10-8-17(22)9-11-19)21(25)23(14-18-6-4-12-26-18)13-16-5-2-3-7-20(16)24/h2-3,5,7-11,15,18,24H,4,6,12-14H2,1H3. The topological polar surface area (TPSA) is 49.8 Å². The highest BCUT2D eigenvalue weighted by Crippen LogP contribution is 2.28. The first-order valence-electron chi connectivity index (χ1n) is 9.12. The largest absolute Gasteiger partial charge is 0.508 e. The Labute approximate surface area is 169 Å². The van der Waals surface area contributed by atoms with E-state index in [1.807, 2.05) is 43.3 Å². The van der Waals surface area contributed by atoms with E-state index in [0.29, 0.717) is 18.1 Å². The summed E-state index contributed by atoms with van der Waals surface area (Å²) in [5.74, 6) is 0.245. The summed E-state index contributed by atoms with van der Waals surface area (Å²) in [6.07, 6.45) is 2.05. The number of ether oxygens (including phenoxy) is 1. The van der Waals surface area contributed by atoms with Gasteiger partial charge in [0, 0.05) is 35.2 Å². The van der Waals surface area contributed by atoms with E-state index in [-0.39, 0.29) is 23.0 Å². The molecule has 144 valence electrons. The molecule has 2 atom stereocenters. The van der Waals surface area contributed by atoms with Crippen molar-refractivity contribution in [2.75, 3.05) is 13.2 Å². The van der Waals surface area contributed by atoms with E-state index >= 15 is 0 Å². The van der Waals surface area contributed by atoms with Crippen molar-refractivity contribution in [3.05, 3.63) is 59.1 Å². The summed E-state index contributed by atoms with van der Waals surface area (Å²) in [5.41, 5.74) is 0.743. The summed E-state index contributed by atoms with van der Waals surface area (Å²) in [6, 6.07) is 14.6. The van der Waals surface area contributed by atoms with E-state index in [9.17, 15) is 9.90 Å². The molecule has 0 spiro atoms. The first-order chi connectivity index (χ1) is 13.0. The average Bonchev–Trinajstić information content (AvgIpc) is 3.17. The molecule has 1 heterocycles. The van der Waals surface area contributed by atoms with E-state index in [0.717, 1.165) is 29.9 Å². The normalized spacial score (nSPS) is 17.6. The zero-order valence-corrected chi connectivity index (χ0v) is 16.9. The lowest BCUT2D eigenvalue weighted by Gasteiger charge is -2.28. The summed E-state index contributed by atoms with van der Waals surface area (Å²) in [4.78, 5) is 16.0. The highest BCUT2D eigenvalue weighted by Gasteiger charge is 2.27. The quantitative estimate of drug-likeness (QED) is 0.676. The third kappa shape index (κ3) is 5.64. The first kappa shape index (κ1) is 20.1. The van der Waals surface area contributed by atoms with Crippen LogP contribution >= 0.6 is 23.4 Å². The summed E-state index contributed by atoms with van der Waals surface area (Å²) in [7, 11) is 0. The van der Waals surface area contributed by atoms with Gasteiger partial charge in [-0.25, -0.2) is 0 Å². The van der Waals surface area contributed by atoms with Crippen molar-refractivity contribution in [2.45, 2.75) is 42.6 Å². The second-order valence-electron chi connectivity index (χ2n) is 6.70. The van der Waals surface area contributed by atoms with Gasteiger partial charge in [0.25, 0.3) is 0 Å². The number of para-hydroxylation sites is 1. The van der Waals surface area contributed by atoms with Crippen LogP contribution in [-0.4, -0.2) is 40.4 Å². The van der Waals surface area contributed by atoms with Gasteiger partial charge in [-0.2, -0.15) is 0 Å². The number of nitrogens with zero attached hydrogens (tertiary/aromatic N) is 1. The van der Waals surface area contributed by atoms with E-state index in [1.54, 1.807) is 17.0 Å². The number of benzene rings is 2. The van der Waals surface area contributed by atoms with Crippen LogP contribution in [-0.2, 0) is 16.1 Å². The molecular formula is C21H24ClNO3S. The molecule has 1 aliphatic heterocycles. The van der Waals surface area contributed by atoms with Crippen molar-refractivity contribution in [3.63, 3.8) is 0 Å². The van der Waals surface area contributed by atoms with Crippen LogP contribution in [0, 0.1) is 0 Å². The third-order valence-electron chi connectivity index (χ3n) is 4.59. The fourth-order valence-corrected chi connectivity index (χ4v) is 4.22. The van der Waals surface area contributed by atoms with Crippen molar-refractivity contribution in [2.24, 2.45) is 0 Å². The summed E-state index contributed by atoms with van der Waals surface area (Å²) >= 11 is 7.45. The van der Waals surface area contributed by atoms with Crippen molar-refractivity contribution in [1.29, 1.82) is 0 Å². The van der Waals surface area contributed by atoms with Gasteiger partial charge in [0.15, 0.2) is 0 Å². The number of carbonyl (C=O) groups is 1. The second kappa shape index (κ2) is 9.49. The van der Waals surface area contributed by atoms with Gasteiger partial charge in [-0.15, -0.1) is 11.8 Å². The van der Waals surface area contributed by atoms with Gasteiger partial charge in [0.05, 0.1) is 11.4 Å². The monoisotopic (exact) mass is 405 g/mol. The Morgan fingerprint density at radius 3 is 2.70 bits per heavy atom. The van der Waals surface area contributed by atoms with Gasteiger partial charge in [0.1, 0.15) is 5.75 Å². The lowest BCUT2D eigenvalue weighted by molar-refractivity contribution is -0.132. The molecule has 1 aliphatic rings. The first-order valence-corrected chi connectivity index (χ1v) is 10.4. The van der Waals surface area contributed by atoms with Crippen LogP contribution in [0.15, 0.2) is 53.4 Å². The third-order valence-corrected chi connectivity index (χ3v) is 5.94. The highest BCUT2D eigenvalue weighted by molar-refractivity contribution is 8.00. The molecule has 0 saturated carbocycles. The number of amides is 1. The molecule has 1 fully saturated rings. The maximum Gasteiger partial charge on any atom is 0.236 e. The van der Waals surface area contributed by atoms with E-state index < -0.39 is 0 Å². The maximum absolute atomic E-state index is 13.2. The number of aromatic hydroxyl groups is 1. The molecule has 0 aliphatic carbocycles. The Hall–Kier alpha value is -1.69. The highest BCUT2D eigenvalue weighted by atomic mass is 35.5. The van der Waals surface area contributed by atoms with Crippen LogP contribution < -0.4 is 0 Å². The number of rotatable bonds is 7. The molecule has 2 aromatic carbocycles. The number of thioether (sulfide) groups is 1. The smallest absolute Gasteiger partial charge is 0.236 e. The Balaban J connectivity index is 1.72. The molecule has 27 heavy (non-hydrogen) atoms. The fraction of sp³-hybridized carbons (Fsp3) is 0.381. The molecular weight excluding hydrogens is 382 g/mol. The SMILES string of the molecule is CC(Sc1ccc(Cl)cc1)C(=O)N(Cc1ccccc1O)CC1CCCO1. The molecule has 6 heteroatoms. The van der Waals surface area contributed by atoms with Crippen LogP contribution in [0.3, 0.4) is 0 Å². The lowest BCUT2D eigenvalue weighted by Crippen LogP contribution is -2.40. The lowest BCUT2D eigenvalue weighted by atomic mass is 10.1. The molecule has 0 aromatic heterocycles. The van der Waals surface area contributed by atoms with Crippen molar-refractivity contribution >= 4 is 29.3 Å². The van der Waals surface area contributed by atoms with Gasteiger partial charge in [0.2, 0.25) is 5.91 Å². The minimum atomic E-state index is -0.251. The van der Waals surface area contributed by atoms with Crippen molar-refractivity contribution < 1.29 is 14.6 Å². The van der Waals surface area contributed by atoms with Crippen LogP contribution in [0.1, 0.15) is 25.3 Å². The molecule has 4 nitrogen and oxygen atoms in total. The van der Waals surface area contributed by atoms with E-state index in [1.165, 1.54) is 11.8 Å². The summed E-state index contributed by atoms with van der Waals surface area (Å²) in [5, 5.41) is 10.5. The molecule has 3 rings (SSSR count). The molecule has 0 bridgehead atoms. The molecule has 0 radical (unpaired) electrons. The molecule has 2 unspecified atom stereocenters. The Morgan fingerprint density at radius 1 is 1.30 bits per heavy atom. The van der Waals surface area contributed by atoms with Gasteiger partial charge in [-0.1, -0.05) is 29.8 Å². The van der Waals surface area contributed by atoms with Crippen molar-refractivity contribution in [1.82, 2.24) is 4.90 Å². The number of hydrogen-bond acceptors (Lipinski definition) is 4. The predicted molar refractivity (Wildman–Crippen MR) is 109 cm³/mol. The minimum absolute atomic E-state index is 0.0358. The predicted octanol–water partition coefficient (Wildman–Crippen LogP) is 4.73. The Kier molecular flexibility index (Phi) is 7.05. The van der Waals surface area contributed by atoms with Gasteiger partial charge in [-0.05, 0) is 50.1 Å². The molecule has 2 aromatic rings. The van der Waals surface area contributed by atoms with E-state index in [2.05, 4.69) is 0 Å². The molecule has 1 amide bonds. The Bertz CT molecular complexity index is 762.